The van der Waals surface area contributed by atoms with Gasteiger partial charge in [-0.05, 0) is 48.3 Å². The predicted octanol–water partition coefficient (Wildman–Crippen LogP) is 10.4. The zero-order valence-corrected chi connectivity index (χ0v) is 33.4. The predicted molar refractivity (Wildman–Crippen MR) is 199 cm³/mol. The maximum Gasteiger partial charge on any atom is 2.00 e. The molecule has 0 amide bonds. The smallest absolute Gasteiger partial charge is 0.503 e. The molecule has 0 atom stereocenters. The van der Waals surface area contributed by atoms with Crippen molar-refractivity contribution >= 4 is 21.8 Å². The fourth-order valence-electron chi connectivity index (χ4n) is 5.89. The number of pyridine rings is 2. The van der Waals surface area contributed by atoms with Crippen LogP contribution in [-0.2, 0) is 46.9 Å². The van der Waals surface area contributed by atoms with Crippen molar-refractivity contribution in [3.8, 4) is 51.5 Å². The quantitative estimate of drug-likeness (QED) is 0.117. The zero-order valence-electron chi connectivity index (χ0n) is 29.6. The summed E-state index contributed by atoms with van der Waals surface area (Å²) < 4.78 is 14.6. The number of ether oxygens (including phenoxy) is 2. The first kappa shape index (κ1) is 37.8. The van der Waals surface area contributed by atoms with Crippen molar-refractivity contribution in [3.63, 3.8) is 0 Å². The Labute approximate surface area is 337 Å². The van der Waals surface area contributed by atoms with Crippen LogP contribution in [0.25, 0.3) is 50.3 Å². The van der Waals surface area contributed by atoms with Gasteiger partial charge in [-0.25, -0.2) is 9.97 Å². The molecule has 9 heteroatoms. The summed E-state index contributed by atoms with van der Waals surface area (Å²) >= 11 is 0. The fourth-order valence-corrected chi connectivity index (χ4v) is 5.89. The van der Waals surface area contributed by atoms with E-state index in [1.165, 1.54) is 0 Å². The van der Waals surface area contributed by atoms with Crippen LogP contribution in [0.5, 0.6) is 23.0 Å². The molecule has 4 heterocycles. The van der Waals surface area contributed by atoms with Crippen molar-refractivity contribution < 1.29 is 51.0 Å². The van der Waals surface area contributed by atoms with Gasteiger partial charge >= 0.3 is 41.5 Å². The van der Waals surface area contributed by atoms with E-state index < -0.39 is 0 Å². The van der Waals surface area contributed by atoms with Crippen LogP contribution in [0.2, 0.25) is 0 Å². The Morgan fingerprint density at radius 3 is 1.45 bits per heavy atom. The molecular formula is C44H33N5O2PdPt. The summed E-state index contributed by atoms with van der Waals surface area (Å²) in [7, 11) is 0. The molecule has 0 unspecified atom stereocenters. The van der Waals surface area contributed by atoms with Crippen molar-refractivity contribution in [2.75, 3.05) is 0 Å². The van der Waals surface area contributed by atoms with E-state index in [-0.39, 0.29) is 46.9 Å². The maximum absolute atomic E-state index is 6.35. The van der Waals surface area contributed by atoms with Crippen molar-refractivity contribution in [1.29, 1.82) is 0 Å². The Morgan fingerprint density at radius 1 is 0.566 bits per heavy atom. The van der Waals surface area contributed by atoms with Gasteiger partial charge in [0.1, 0.15) is 0 Å². The number of fused-ring (bicyclic) bond motifs is 3. The second-order valence-corrected chi connectivity index (χ2v) is 13.5. The number of nitrogens with zero attached hydrogens (tertiary/aromatic N) is 5. The van der Waals surface area contributed by atoms with E-state index in [9.17, 15) is 0 Å². The Morgan fingerprint density at radius 2 is 1.02 bits per heavy atom. The minimum Gasteiger partial charge on any atom is -0.503 e. The number of hydrogen-bond donors (Lipinski definition) is 0. The van der Waals surface area contributed by atoms with E-state index >= 15 is 0 Å². The van der Waals surface area contributed by atoms with Crippen molar-refractivity contribution in [1.82, 2.24) is 24.5 Å². The third kappa shape index (κ3) is 8.01. The van der Waals surface area contributed by atoms with Crippen LogP contribution in [0.1, 0.15) is 37.5 Å². The molecule has 0 aliphatic rings. The molecule has 0 saturated heterocycles. The molecule has 0 N–H and O–H groups in total. The van der Waals surface area contributed by atoms with E-state index in [1.807, 2.05) is 116 Å². The molecule has 8 rings (SSSR count). The third-order valence-electron chi connectivity index (χ3n) is 8.60. The maximum atomic E-state index is 6.35. The summed E-state index contributed by atoms with van der Waals surface area (Å²) in [6.45, 7) is 10.5. The van der Waals surface area contributed by atoms with Crippen LogP contribution in [0.4, 0.5) is 0 Å². The molecule has 0 fully saturated rings. The molecule has 0 aliphatic carbocycles. The number of aromatic nitrogens is 5. The summed E-state index contributed by atoms with van der Waals surface area (Å²) in [5.74, 6) is 2.65. The largest absolute Gasteiger partial charge is 2.00 e. The van der Waals surface area contributed by atoms with Gasteiger partial charge in [-0.3, -0.25) is 0 Å². The van der Waals surface area contributed by atoms with E-state index in [0.717, 1.165) is 61.0 Å². The summed E-state index contributed by atoms with van der Waals surface area (Å²) in [6, 6.07) is 41.1. The standard InChI is InChI=1S/C44H33N5O2.Pd.Pt/c1-28-16-18-45-39(20-28)30-8-6-10-33(22-30)50-35-12-14-37-38-15-13-36(51-34-11-7-9-31(23-34)40-21-29(2)17-19-46-40)25-42(38)49(41(37)24-35)43-47-26-32(27-48-43)44(3,4)5;;/h6-21,26-27H,1-5H3;;/q-4;2*+2. The number of aryl methyl sites for hydroxylation is 2. The van der Waals surface area contributed by atoms with Gasteiger partial charge in [-0.1, -0.05) is 67.2 Å². The summed E-state index contributed by atoms with van der Waals surface area (Å²) in [5.41, 5.74) is 8.03. The zero-order chi connectivity index (χ0) is 35.1. The molecular weight excluding hydrogens is 932 g/mol. The van der Waals surface area contributed by atoms with E-state index in [0.29, 0.717) is 28.9 Å². The molecule has 8 aromatic rings. The van der Waals surface area contributed by atoms with Crippen LogP contribution in [0.15, 0.2) is 110 Å². The first-order valence-electron chi connectivity index (χ1n) is 16.7. The molecule has 0 aliphatic heterocycles. The van der Waals surface area contributed by atoms with Gasteiger partial charge in [0.2, 0.25) is 5.95 Å². The topological polar surface area (TPSA) is 75.0 Å². The molecule has 0 radical (unpaired) electrons. The van der Waals surface area contributed by atoms with Crippen LogP contribution in [0, 0.1) is 38.1 Å². The normalized spacial score (nSPS) is 11.2. The first-order chi connectivity index (χ1) is 24.7. The number of benzene rings is 4. The fraction of sp³-hybridized carbons (Fsp3) is 0.136. The summed E-state index contributed by atoms with van der Waals surface area (Å²) in [5, 5.41) is 1.90. The van der Waals surface area contributed by atoms with Crippen LogP contribution < -0.4 is 9.47 Å². The number of hydrogen-bond acceptors (Lipinski definition) is 6. The Kier molecular flexibility index (Phi) is 11.1. The molecule has 7 nitrogen and oxygen atoms in total. The van der Waals surface area contributed by atoms with Crippen molar-refractivity contribution in [2.45, 2.75) is 40.0 Å². The minimum atomic E-state index is -0.0996. The molecule has 0 saturated carbocycles. The SMILES string of the molecule is Cc1ccnc(-c2[c-]c(Oc3[c-]c4c(cc3)c3ccc(Oc5[c-]c(-c6cc(C)ccn6)ccc5)[c-]c3n4-c3ncc(C(C)(C)C)cn3)ccc2)c1.[Pd+2].[Pt+2]. The van der Waals surface area contributed by atoms with E-state index in [4.69, 9.17) is 19.4 Å². The van der Waals surface area contributed by atoms with Gasteiger partial charge in [0.15, 0.2) is 0 Å². The number of rotatable bonds is 7. The van der Waals surface area contributed by atoms with Crippen LogP contribution in [0.3, 0.4) is 0 Å². The van der Waals surface area contributed by atoms with Crippen LogP contribution >= 0.6 is 0 Å². The Bertz CT molecular complexity index is 2410. The Hall–Kier alpha value is -4.99. The summed E-state index contributed by atoms with van der Waals surface area (Å²) in [6.07, 6.45) is 7.35. The molecule has 4 aromatic carbocycles. The van der Waals surface area contributed by atoms with Gasteiger partial charge in [-0.15, -0.1) is 71.8 Å². The first-order valence-corrected chi connectivity index (χ1v) is 16.7. The van der Waals surface area contributed by atoms with Gasteiger partial charge in [-0.2, -0.15) is 22.9 Å². The molecule has 53 heavy (non-hydrogen) atoms. The van der Waals surface area contributed by atoms with E-state index in [1.54, 1.807) is 12.4 Å². The average molecular weight is 965 g/mol. The summed E-state index contributed by atoms with van der Waals surface area (Å²) in [4.78, 5) is 18.7. The molecule has 0 bridgehead atoms. The van der Waals surface area contributed by atoms with Gasteiger partial charge < -0.3 is 24.0 Å². The van der Waals surface area contributed by atoms with Gasteiger partial charge in [0.05, 0.1) is 0 Å². The van der Waals surface area contributed by atoms with Crippen molar-refractivity contribution in [2.24, 2.45) is 0 Å². The van der Waals surface area contributed by atoms with Gasteiger partial charge in [0, 0.05) is 47.8 Å². The van der Waals surface area contributed by atoms with Crippen molar-refractivity contribution in [3.05, 3.63) is 151 Å². The minimum absolute atomic E-state index is 0. The Balaban J connectivity index is 0.00000240. The monoisotopic (exact) mass is 964 g/mol. The van der Waals surface area contributed by atoms with E-state index in [2.05, 4.69) is 55.0 Å². The van der Waals surface area contributed by atoms with Gasteiger partial charge in [0.25, 0.3) is 0 Å². The molecule has 4 aromatic heterocycles. The molecule has 0 spiro atoms. The second kappa shape index (κ2) is 15.5. The third-order valence-corrected chi connectivity index (χ3v) is 8.60. The van der Waals surface area contributed by atoms with Crippen LogP contribution in [-0.4, -0.2) is 24.5 Å². The average Bonchev–Trinajstić information content (AvgIpc) is 3.44. The molecule has 266 valence electrons. The second-order valence-electron chi connectivity index (χ2n) is 13.5.